The molecule has 0 saturated carbocycles. The van der Waals surface area contributed by atoms with Crippen molar-refractivity contribution in [1.29, 1.82) is 0 Å². The van der Waals surface area contributed by atoms with Crippen LogP contribution in [-0.2, 0) is 6.54 Å². The summed E-state index contributed by atoms with van der Waals surface area (Å²) in [6, 6.07) is 0.698. The maximum atomic E-state index is 12.7. The van der Waals surface area contributed by atoms with Gasteiger partial charge in [0.15, 0.2) is 5.82 Å². The molecule has 1 aliphatic heterocycles. The van der Waals surface area contributed by atoms with Crippen molar-refractivity contribution in [2.45, 2.75) is 58.7 Å². The molecular weight excluding hydrogens is 264 g/mol. The molecule has 1 aromatic rings. The molecule has 0 spiro atoms. The van der Waals surface area contributed by atoms with Crippen molar-refractivity contribution < 1.29 is 0 Å². The van der Waals surface area contributed by atoms with Crippen LogP contribution in [0, 0.1) is 5.92 Å². The van der Waals surface area contributed by atoms with Crippen molar-refractivity contribution in [2.24, 2.45) is 5.92 Å². The summed E-state index contributed by atoms with van der Waals surface area (Å²) in [4.78, 5) is 19.3. The monoisotopic (exact) mass is 292 g/mol. The van der Waals surface area contributed by atoms with Crippen molar-refractivity contribution in [2.75, 3.05) is 18.5 Å². The molecule has 0 amide bonds. The summed E-state index contributed by atoms with van der Waals surface area (Å²) in [7, 11) is 1.98. The Balaban J connectivity index is 2.32. The predicted molar refractivity (Wildman–Crippen MR) is 86.8 cm³/mol. The standard InChI is InChI=1S/C16H28N4O/c1-12(2)11-19-10-8-18-15(16(19)21)20-9-6-5-7-14(20)13(3)17-4/h8,10,12-14,17H,5-7,9,11H2,1-4H3. The van der Waals surface area contributed by atoms with Gasteiger partial charge in [-0.2, -0.15) is 0 Å². The van der Waals surface area contributed by atoms with E-state index >= 15 is 0 Å². The Bertz CT molecular complexity index is 511. The van der Waals surface area contributed by atoms with E-state index < -0.39 is 0 Å². The molecule has 5 heteroatoms. The number of hydrogen-bond donors (Lipinski definition) is 1. The van der Waals surface area contributed by atoms with Crippen LogP contribution in [0.1, 0.15) is 40.0 Å². The third-order valence-electron chi connectivity index (χ3n) is 4.31. The van der Waals surface area contributed by atoms with E-state index in [0.717, 1.165) is 25.9 Å². The Labute approximate surface area is 127 Å². The first kappa shape index (κ1) is 16.0. The summed E-state index contributed by atoms with van der Waals surface area (Å²) in [5.41, 5.74) is 0.0430. The van der Waals surface area contributed by atoms with E-state index in [-0.39, 0.29) is 5.56 Å². The highest BCUT2D eigenvalue weighted by Crippen LogP contribution is 2.23. The lowest BCUT2D eigenvalue weighted by Gasteiger charge is -2.39. The Morgan fingerprint density at radius 1 is 1.38 bits per heavy atom. The molecule has 1 aromatic heterocycles. The fourth-order valence-electron chi connectivity index (χ4n) is 3.10. The van der Waals surface area contributed by atoms with E-state index in [9.17, 15) is 4.79 Å². The van der Waals surface area contributed by atoms with Crippen LogP contribution in [0.4, 0.5) is 5.82 Å². The normalized spacial score (nSPS) is 20.8. The summed E-state index contributed by atoms with van der Waals surface area (Å²) in [5.74, 6) is 1.07. The summed E-state index contributed by atoms with van der Waals surface area (Å²) in [6.45, 7) is 8.09. The van der Waals surface area contributed by atoms with Crippen LogP contribution in [0.3, 0.4) is 0 Å². The average molecular weight is 292 g/mol. The number of hydrogen-bond acceptors (Lipinski definition) is 4. The van der Waals surface area contributed by atoms with Gasteiger partial charge in [-0.15, -0.1) is 0 Å². The smallest absolute Gasteiger partial charge is 0.293 e. The van der Waals surface area contributed by atoms with Gasteiger partial charge in [0.05, 0.1) is 0 Å². The fourth-order valence-corrected chi connectivity index (χ4v) is 3.10. The summed E-state index contributed by atoms with van der Waals surface area (Å²) in [5, 5.41) is 3.32. The van der Waals surface area contributed by atoms with E-state index in [4.69, 9.17) is 0 Å². The minimum Gasteiger partial charge on any atom is -0.347 e. The van der Waals surface area contributed by atoms with Crippen molar-refractivity contribution in [3.05, 3.63) is 22.7 Å². The van der Waals surface area contributed by atoms with Gasteiger partial charge in [0.2, 0.25) is 0 Å². The van der Waals surface area contributed by atoms with E-state index in [1.807, 2.05) is 7.05 Å². The molecule has 1 saturated heterocycles. The van der Waals surface area contributed by atoms with Gasteiger partial charge in [-0.3, -0.25) is 4.79 Å². The molecule has 21 heavy (non-hydrogen) atoms. The Morgan fingerprint density at radius 3 is 2.81 bits per heavy atom. The van der Waals surface area contributed by atoms with Crippen LogP contribution < -0.4 is 15.8 Å². The predicted octanol–water partition coefficient (Wildman–Crippen LogP) is 1.87. The molecule has 5 nitrogen and oxygen atoms in total. The van der Waals surface area contributed by atoms with Crippen molar-refractivity contribution >= 4 is 5.82 Å². The van der Waals surface area contributed by atoms with Crippen molar-refractivity contribution in [1.82, 2.24) is 14.9 Å². The van der Waals surface area contributed by atoms with Crippen molar-refractivity contribution in [3.8, 4) is 0 Å². The quantitative estimate of drug-likeness (QED) is 0.900. The molecule has 0 aliphatic carbocycles. The SMILES string of the molecule is CNC(C)C1CCCCN1c1nccn(CC(C)C)c1=O. The zero-order valence-electron chi connectivity index (χ0n) is 13.7. The van der Waals surface area contributed by atoms with Gasteiger partial charge >= 0.3 is 0 Å². The number of aromatic nitrogens is 2. The Hall–Kier alpha value is -1.36. The Morgan fingerprint density at radius 2 is 2.14 bits per heavy atom. The number of nitrogens with one attached hydrogen (secondary N) is 1. The minimum absolute atomic E-state index is 0.0430. The van der Waals surface area contributed by atoms with E-state index in [1.165, 1.54) is 6.42 Å². The maximum Gasteiger partial charge on any atom is 0.293 e. The molecule has 2 heterocycles. The summed E-state index contributed by atoms with van der Waals surface area (Å²) in [6.07, 6.45) is 7.02. The fraction of sp³-hybridized carbons (Fsp3) is 0.750. The maximum absolute atomic E-state index is 12.7. The number of likely N-dealkylation sites (N-methyl/N-ethyl adjacent to an activating group) is 1. The summed E-state index contributed by atoms with van der Waals surface area (Å²) >= 11 is 0. The Kier molecular flexibility index (Phi) is 5.39. The molecule has 0 aromatic carbocycles. The lowest BCUT2D eigenvalue weighted by atomic mass is 9.96. The molecule has 1 fully saturated rings. The molecule has 1 aliphatic rings. The molecule has 118 valence electrons. The van der Waals surface area contributed by atoms with Crippen LogP contribution in [0.2, 0.25) is 0 Å². The average Bonchev–Trinajstić information content (AvgIpc) is 2.48. The first-order valence-corrected chi connectivity index (χ1v) is 8.04. The highest BCUT2D eigenvalue weighted by molar-refractivity contribution is 5.38. The van der Waals surface area contributed by atoms with Gasteiger partial charge in [-0.05, 0) is 39.2 Å². The van der Waals surface area contributed by atoms with Crippen LogP contribution in [0.25, 0.3) is 0 Å². The van der Waals surface area contributed by atoms with Gasteiger partial charge in [-0.1, -0.05) is 13.8 Å². The second-order valence-corrected chi connectivity index (χ2v) is 6.44. The van der Waals surface area contributed by atoms with Crippen LogP contribution >= 0.6 is 0 Å². The van der Waals surface area contributed by atoms with Gasteiger partial charge in [0.1, 0.15) is 0 Å². The summed E-state index contributed by atoms with van der Waals surface area (Å²) < 4.78 is 1.79. The highest BCUT2D eigenvalue weighted by Gasteiger charge is 2.29. The van der Waals surface area contributed by atoms with E-state index in [2.05, 4.69) is 36.0 Å². The second kappa shape index (κ2) is 7.07. The molecule has 0 radical (unpaired) electrons. The van der Waals surface area contributed by atoms with Gasteiger partial charge in [-0.25, -0.2) is 4.98 Å². The molecule has 0 bridgehead atoms. The molecule has 2 rings (SSSR count). The number of nitrogens with zero attached hydrogens (tertiary/aromatic N) is 3. The first-order valence-electron chi connectivity index (χ1n) is 8.04. The topological polar surface area (TPSA) is 50.2 Å². The van der Waals surface area contributed by atoms with Gasteiger partial charge in [0.25, 0.3) is 5.56 Å². The van der Waals surface area contributed by atoms with Gasteiger partial charge in [0, 0.05) is 37.6 Å². The van der Waals surface area contributed by atoms with Gasteiger partial charge < -0.3 is 14.8 Å². The lowest BCUT2D eigenvalue weighted by molar-refractivity contribution is 0.378. The van der Waals surface area contributed by atoms with Crippen LogP contribution in [0.15, 0.2) is 17.2 Å². The van der Waals surface area contributed by atoms with Crippen LogP contribution in [0.5, 0.6) is 0 Å². The third-order valence-corrected chi connectivity index (χ3v) is 4.31. The minimum atomic E-state index is 0.0430. The first-order chi connectivity index (χ1) is 10.0. The van der Waals surface area contributed by atoms with E-state index in [0.29, 0.717) is 23.8 Å². The molecular formula is C16H28N4O. The molecule has 1 N–H and O–H groups in total. The third kappa shape index (κ3) is 3.64. The van der Waals surface area contributed by atoms with Crippen molar-refractivity contribution in [3.63, 3.8) is 0 Å². The second-order valence-electron chi connectivity index (χ2n) is 6.44. The molecule has 2 unspecified atom stereocenters. The number of anilines is 1. The lowest BCUT2D eigenvalue weighted by Crippen LogP contribution is -2.52. The zero-order chi connectivity index (χ0) is 15.4. The largest absolute Gasteiger partial charge is 0.347 e. The molecule has 2 atom stereocenters. The number of piperidine rings is 1. The van der Waals surface area contributed by atoms with E-state index in [1.54, 1.807) is 17.0 Å². The zero-order valence-corrected chi connectivity index (χ0v) is 13.7. The number of rotatable bonds is 5. The van der Waals surface area contributed by atoms with Crippen LogP contribution in [-0.4, -0.2) is 35.2 Å². The highest BCUT2D eigenvalue weighted by atomic mass is 16.1.